The van der Waals surface area contributed by atoms with Crippen LogP contribution in [0.25, 0.3) is 10.9 Å². The number of hydrogen-bond acceptors (Lipinski definition) is 7. The Morgan fingerprint density at radius 2 is 1.84 bits per heavy atom. The molecule has 1 fully saturated rings. The summed E-state index contributed by atoms with van der Waals surface area (Å²) in [6.45, 7) is 0.142. The molecule has 32 heavy (non-hydrogen) atoms. The molecule has 9 nitrogen and oxygen atoms in total. The van der Waals surface area contributed by atoms with E-state index >= 15 is 0 Å². The molecule has 1 aromatic heterocycles. The van der Waals surface area contributed by atoms with Gasteiger partial charge in [-0.05, 0) is 30.7 Å². The summed E-state index contributed by atoms with van der Waals surface area (Å²) in [7, 11) is 0. The zero-order valence-corrected chi connectivity index (χ0v) is 16.9. The largest absolute Gasteiger partial charge is 0.488 e. The number of para-hydroxylation sites is 1. The molecule has 0 aliphatic carbocycles. The van der Waals surface area contributed by atoms with E-state index in [9.17, 15) is 19.2 Å². The Kier molecular flexibility index (Phi) is 4.67. The van der Waals surface area contributed by atoms with Crippen molar-refractivity contribution in [2.24, 2.45) is 5.84 Å². The first kappa shape index (κ1) is 19.8. The maximum absolute atomic E-state index is 13.2. The molecule has 0 bridgehead atoms. The van der Waals surface area contributed by atoms with E-state index in [1.165, 1.54) is 6.07 Å². The molecule has 160 valence electrons. The average molecular weight is 430 g/mol. The van der Waals surface area contributed by atoms with E-state index in [-0.39, 0.29) is 36.3 Å². The van der Waals surface area contributed by atoms with Crippen LogP contribution >= 0.6 is 0 Å². The lowest BCUT2D eigenvalue weighted by Crippen LogP contribution is -2.58. The number of amides is 4. The minimum absolute atomic E-state index is 0.0291. The molecule has 0 saturated carbocycles. The van der Waals surface area contributed by atoms with Gasteiger partial charge in [0.15, 0.2) is 0 Å². The fraction of sp³-hybridized carbons (Fsp3) is 0.174. The number of nitrogens with two attached hydrogens (primary N) is 1. The summed E-state index contributed by atoms with van der Waals surface area (Å²) < 4.78 is 5.89. The number of hydrogen-bond donors (Lipinski definition) is 1. The number of rotatable bonds is 4. The van der Waals surface area contributed by atoms with Crippen LogP contribution < -0.4 is 10.6 Å². The number of aromatic nitrogens is 1. The molecular weight excluding hydrogens is 412 g/mol. The number of hydrazine groups is 1. The Hall–Kier alpha value is -4.11. The van der Waals surface area contributed by atoms with Gasteiger partial charge in [-0.25, -0.2) is 10.9 Å². The third-order valence-corrected chi connectivity index (χ3v) is 5.68. The van der Waals surface area contributed by atoms with Crippen molar-refractivity contribution in [1.29, 1.82) is 0 Å². The summed E-state index contributed by atoms with van der Waals surface area (Å²) in [5.41, 5.74) is 1.91. The number of benzene rings is 2. The maximum Gasteiger partial charge on any atom is 0.266 e. The molecular formula is C23H18N4O5. The Bertz CT molecular complexity index is 1300. The van der Waals surface area contributed by atoms with E-state index in [2.05, 4.69) is 4.98 Å². The molecule has 2 N–H and O–H groups in total. The highest BCUT2D eigenvalue weighted by Crippen LogP contribution is 2.34. The molecule has 0 spiro atoms. The smallest absolute Gasteiger partial charge is 0.266 e. The van der Waals surface area contributed by atoms with Crippen LogP contribution in [0, 0.1) is 0 Å². The third kappa shape index (κ3) is 3.10. The van der Waals surface area contributed by atoms with Crippen molar-refractivity contribution >= 4 is 34.5 Å². The highest BCUT2D eigenvalue weighted by molar-refractivity contribution is 6.24. The van der Waals surface area contributed by atoms with Crippen LogP contribution in [0.5, 0.6) is 5.75 Å². The Labute approximate surface area is 182 Å². The maximum atomic E-state index is 13.2. The van der Waals surface area contributed by atoms with Gasteiger partial charge in [-0.15, -0.1) is 0 Å². The number of imide groups is 2. The number of carbonyl (C=O) groups excluding carboxylic acids is 4. The molecule has 2 aromatic carbocycles. The van der Waals surface area contributed by atoms with Crippen molar-refractivity contribution in [2.45, 2.75) is 25.5 Å². The highest BCUT2D eigenvalue weighted by Gasteiger charge is 2.47. The number of nitrogens with zero attached hydrogens (tertiary/aromatic N) is 3. The molecule has 1 unspecified atom stereocenters. The Balaban J connectivity index is 1.41. The van der Waals surface area contributed by atoms with Gasteiger partial charge in [0.25, 0.3) is 17.7 Å². The minimum Gasteiger partial charge on any atom is -0.488 e. The number of carbonyl (C=O) groups is 4. The van der Waals surface area contributed by atoms with E-state index in [1.807, 2.05) is 30.3 Å². The second kappa shape index (κ2) is 7.54. The van der Waals surface area contributed by atoms with E-state index in [4.69, 9.17) is 10.6 Å². The van der Waals surface area contributed by atoms with Crippen LogP contribution in [0.1, 0.15) is 39.1 Å². The standard InChI is InChI=1S/C23H18N4O5/c24-27-19(28)9-8-17(22(27)30)26-21(29)15-5-3-7-18(20(15)23(26)31)32-12-13-10-14-4-1-2-6-16(14)25-11-13/h1-7,10-11,17H,8-9,12,24H2. The van der Waals surface area contributed by atoms with E-state index in [0.717, 1.165) is 21.4 Å². The van der Waals surface area contributed by atoms with Gasteiger partial charge in [-0.3, -0.25) is 29.1 Å². The topological polar surface area (TPSA) is 123 Å². The first-order chi connectivity index (χ1) is 15.5. The molecule has 2 aliphatic rings. The van der Waals surface area contributed by atoms with Gasteiger partial charge in [0.1, 0.15) is 18.4 Å². The van der Waals surface area contributed by atoms with Gasteiger partial charge in [0.05, 0.1) is 16.6 Å². The summed E-state index contributed by atoms with van der Waals surface area (Å²) in [6.07, 6.45) is 1.70. The zero-order chi connectivity index (χ0) is 22.4. The highest BCUT2D eigenvalue weighted by atomic mass is 16.5. The van der Waals surface area contributed by atoms with Gasteiger partial charge in [0, 0.05) is 23.6 Å². The van der Waals surface area contributed by atoms with Gasteiger partial charge in [0.2, 0.25) is 5.91 Å². The van der Waals surface area contributed by atoms with Crippen LogP contribution in [0.3, 0.4) is 0 Å². The van der Waals surface area contributed by atoms with Crippen molar-refractivity contribution in [3.05, 3.63) is 71.4 Å². The zero-order valence-electron chi connectivity index (χ0n) is 16.9. The molecule has 9 heteroatoms. The van der Waals surface area contributed by atoms with Crippen molar-refractivity contribution in [1.82, 2.24) is 14.9 Å². The predicted molar refractivity (Wildman–Crippen MR) is 112 cm³/mol. The molecule has 1 saturated heterocycles. The molecule has 1 atom stereocenters. The number of piperidine rings is 1. The summed E-state index contributed by atoms with van der Waals surface area (Å²) in [6, 6.07) is 13.2. The second-order valence-corrected chi connectivity index (χ2v) is 7.64. The summed E-state index contributed by atoms with van der Waals surface area (Å²) in [4.78, 5) is 55.5. The Morgan fingerprint density at radius 1 is 1.03 bits per heavy atom. The van der Waals surface area contributed by atoms with Crippen LogP contribution in [0.4, 0.5) is 0 Å². The van der Waals surface area contributed by atoms with Crippen molar-refractivity contribution in [3.63, 3.8) is 0 Å². The van der Waals surface area contributed by atoms with Crippen LogP contribution in [0.15, 0.2) is 54.7 Å². The fourth-order valence-corrected chi connectivity index (χ4v) is 4.06. The second-order valence-electron chi connectivity index (χ2n) is 7.64. The van der Waals surface area contributed by atoms with Crippen molar-refractivity contribution < 1.29 is 23.9 Å². The fourth-order valence-electron chi connectivity index (χ4n) is 4.06. The van der Waals surface area contributed by atoms with Gasteiger partial charge in [-0.2, -0.15) is 0 Å². The van der Waals surface area contributed by atoms with E-state index < -0.39 is 29.7 Å². The molecule has 2 aliphatic heterocycles. The molecule has 3 aromatic rings. The minimum atomic E-state index is -1.12. The summed E-state index contributed by atoms with van der Waals surface area (Å²) in [5, 5.41) is 1.43. The van der Waals surface area contributed by atoms with Crippen molar-refractivity contribution in [3.8, 4) is 5.75 Å². The lowest BCUT2D eigenvalue weighted by atomic mass is 10.0. The van der Waals surface area contributed by atoms with Crippen LogP contribution in [-0.4, -0.2) is 44.6 Å². The molecule has 4 amide bonds. The summed E-state index contributed by atoms with van der Waals surface area (Å²) >= 11 is 0. The van der Waals surface area contributed by atoms with Crippen molar-refractivity contribution in [2.75, 3.05) is 0 Å². The van der Waals surface area contributed by atoms with Crippen LogP contribution in [0.2, 0.25) is 0 Å². The number of ether oxygens (including phenoxy) is 1. The van der Waals surface area contributed by atoms with Crippen LogP contribution in [-0.2, 0) is 16.2 Å². The lowest BCUT2D eigenvalue weighted by molar-refractivity contribution is -0.151. The SMILES string of the molecule is NN1C(=O)CCC(N2C(=O)c3cccc(OCc4cnc5ccccc5c4)c3C2=O)C1=O. The van der Waals surface area contributed by atoms with Gasteiger partial charge in [-0.1, -0.05) is 24.3 Å². The molecule has 3 heterocycles. The normalized spacial score (nSPS) is 18.5. The average Bonchev–Trinajstić information content (AvgIpc) is 3.07. The van der Waals surface area contributed by atoms with E-state index in [1.54, 1.807) is 18.3 Å². The van der Waals surface area contributed by atoms with Gasteiger partial charge >= 0.3 is 0 Å². The monoisotopic (exact) mass is 430 g/mol. The summed E-state index contributed by atoms with van der Waals surface area (Å²) in [5.74, 6) is 3.18. The van der Waals surface area contributed by atoms with Gasteiger partial charge < -0.3 is 4.74 Å². The lowest BCUT2D eigenvalue weighted by Gasteiger charge is -2.31. The quantitative estimate of drug-likeness (QED) is 0.380. The number of fused-ring (bicyclic) bond motifs is 2. The first-order valence-corrected chi connectivity index (χ1v) is 10.0. The first-order valence-electron chi connectivity index (χ1n) is 10.0. The molecule has 5 rings (SSSR count). The Morgan fingerprint density at radius 3 is 2.69 bits per heavy atom. The van der Waals surface area contributed by atoms with E-state index in [0.29, 0.717) is 5.01 Å². The third-order valence-electron chi connectivity index (χ3n) is 5.68. The predicted octanol–water partition coefficient (Wildman–Crippen LogP) is 1.80. The number of pyridine rings is 1. The molecule has 0 radical (unpaired) electrons.